The Morgan fingerprint density at radius 1 is 1.35 bits per heavy atom. The molecule has 0 N–H and O–H groups in total. The van der Waals surface area contributed by atoms with Gasteiger partial charge in [0.15, 0.2) is 0 Å². The Balaban J connectivity index is 1.50. The Bertz CT molecular complexity index is 979. The van der Waals surface area contributed by atoms with Crippen molar-refractivity contribution in [3.05, 3.63) is 59.6 Å². The van der Waals surface area contributed by atoms with E-state index < -0.39 is 0 Å². The van der Waals surface area contributed by atoms with Crippen molar-refractivity contribution in [1.82, 2.24) is 9.80 Å². The first-order valence-electron chi connectivity index (χ1n) is 11.4. The van der Waals surface area contributed by atoms with Crippen molar-refractivity contribution in [3.63, 3.8) is 0 Å². The molecule has 1 unspecified atom stereocenters. The van der Waals surface area contributed by atoms with Gasteiger partial charge in [-0.3, -0.25) is 9.69 Å². The first kappa shape index (κ1) is 20.4. The lowest BCUT2D eigenvalue weighted by Gasteiger charge is -2.58. The minimum atomic E-state index is -0.0965. The lowest BCUT2D eigenvalue weighted by Crippen LogP contribution is -2.68. The maximum Gasteiger partial charge on any atom is 0.246 e. The molecule has 31 heavy (non-hydrogen) atoms. The molecule has 5 nitrogen and oxygen atoms in total. The molecule has 2 aliphatic carbocycles. The molecule has 2 aromatic rings. The lowest BCUT2D eigenvalue weighted by atomic mass is 9.61. The Hall–Kier alpha value is -2.53. The number of carbonyl (C=O) groups is 1. The molecule has 2 bridgehead atoms. The van der Waals surface area contributed by atoms with Crippen molar-refractivity contribution in [2.45, 2.75) is 50.1 Å². The molecule has 0 spiro atoms. The van der Waals surface area contributed by atoms with E-state index in [9.17, 15) is 4.79 Å². The molecule has 1 amide bonds. The van der Waals surface area contributed by atoms with E-state index in [2.05, 4.69) is 30.0 Å². The van der Waals surface area contributed by atoms with Crippen molar-refractivity contribution in [3.8, 4) is 5.75 Å². The summed E-state index contributed by atoms with van der Waals surface area (Å²) >= 11 is 0. The van der Waals surface area contributed by atoms with Crippen LogP contribution in [0.2, 0.25) is 0 Å². The lowest BCUT2D eigenvalue weighted by molar-refractivity contribution is -0.132. The Labute approximate surface area is 184 Å². The predicted octanol–water partition coefficient (Wildman–Crippen LogP) is 4.13. The average Bonchev–Trinajstić information content (AvgIpc) is 3.44. The Morgan fingerprint density at radius 3 is 2.90 bits per heavy atom. The highest BCUT2D eigenvalue weighted by Crippen LogP contribution is 2.48. The second kappa shape index (κ2) is 7.86. The summed E-state index contributed by atoms with van der Waals surface area (Å²) in [4.78, 5) is 17.9. The highest BCUT2D eigenvalue weighted by Gasteiger charge is 2.53. The molecule has 3 atom stereocenters. The fourth-order valence-electron chi connectivity index (χ4n) is 5.80. The molecule has 2 heterocycles. The van der Waals surface area contributed by atoms with E-state index >= 15 is 0 Å². The zero-order valence-corrected chi connectivity index (χ0v) is 18.7. The van der Waals surface area contributed by atoms with Crippen LogP contribution >= 0.6 is 0 Å². The highest BCUT2D eigenvalue weighted by atomic mass is 16.5. The maximum atomic E-state index is 13.3. The van der Waals surface area contributed by atoms with Crippen molar-refractivity contribution < 1.29 is 13.9 Å². The standard InChI is InChI=1S/C26H32N2O3/c1-26-11-12-28(16-18-4-5-18)23(14-20-7-8-21(30-3)15-22(20)26)25(26)27(2)24(29)9-6-19-10-13-31-17-19/h6-10,13,15,17-18,23,25H,4-5,11-12,14,16H2,1-3H3/b9-6-/t23?,25-,26-/m1/s1. The first-order chi connectivity index (χ1) is 15.0. The number of ether oxygens (including phenoxy) is 1. The summed E-state index contributed by atoms with van der Waals surface area (Å²) < 4.78 is 10.7. The highest BCUT2D eigenvalue weighted by molar-refractivity contribution is 5.92. The number of hydrogen-bond acceptors (Lipinski definition) is 4. The third-order valence-corrected chi connectivity index (χ3v) is 7.68. The van der Waals surface area contributed by atoms with Gasteiger partial charge in [-0.15, -0.1) is 0 Å². The van der Waals surface area contributed by atoms with E-state index in [1.807, 2.05) is 24.1 Å². The molecule has 5 rings (SSSR count). The van der Waals surface area contributed by atoms with E-state index in [1.54, 1.807) is 25.7 Å². The molecule has 3 aliphatic rings. The molecular weight excluding hydrogens is 388 g/mol. The van der Waals surface area contributed by atoms with Gasteiger partial charge in [-0.2, -0.15) is 0 Å². The number of fused-ring (bicyclic) bond motifs is 4. The van der Waals surface area contributed by atoms with E-state index in [4.69, 9.17) is 9.15 Å². The number of likely N-dealkylation sites (N-methyl/N-ethyl adjacent to an activating group) is 1. The Morgan fingerprint density at radius 2 is 2.19 bits per heavy atom. The SMILES string of the molecule is COc1ccc2c(c1)[C@@]1(C)CCN(CC3CC3)C(C2)[C@H]1N(C)C(=O)/C=C\c1ccoc1. The summed E-state index contributed by atoms with van der Waals surface area (Å²) in [5.41, 5.74) is 3.56. The molecule has 1 saturated heterocycles. The molecule has 2 fully saturated rings. The average molecular weight is 421 g/mol. The number of furan rings is 1. The minimum Gasteiger partial charge on any atom is -0.497 e. The number of hydrogen-bond donors (Lipinski definition) is 0. The van der Waals surface area contributed by atoms with Gasteiger partial charge in [0, 0.05) is 36.7 Å². The summed E-state index contributed by atoms with van der Waals surface area (Å²) in [5, 5.41) is 0. The zero-order chi connectivity index (χ0) is 21.6. The third kappa shape index (κ3) is 3.69. The molecule has 1 aromatic carbocycles. The largest absolute Gasteiger partial charge is 0.497 e. The van der Waals surface area contributed by atoms with Crippen molar-refractivity contribution in [2.24, 2.45) is 5.92 Å². The fourth-order valence-corrected chi connectivity index (χ4v) is 5.80. The van der Waals surface area contributed by atoms with Gasteiger partial charge in [0.2, 0.25) is 5.91 Å². The van der Waals surface area contributed by atoms with Crippen LogP contribution in [-0.2, 0) is 16.6 Å². The number of methoxy groups -OCH3 is 1. The maximum absolute atomic E-state index is 13.3. The van der Waals surface area contributed by atoms with Gasteiger partial charge >= 0.3 is 0 Å². The Kier molecular flexibility index (Phi) is 5.17. The van der Waals surface area contributed by atoms with E-state index in [0.717, 1.165) is 43.2 Å². The van der Waals surface area contributed by atoms with Gasteiger partial charge in [-0.25, -0.2) is 0 Å². The summed E-state index contributed by atoms with van der Waals surface area (Å²) in [6, 6.07) is 8.84. The first-order valence-corrected chi connectivity index (χ1v) is 11.4. The van der Waals surface area contributed by atoms with Gasteiger partial charge in [0.05, 0.1) is 25.7 Å². The number of likely N-dealkylation sites (tertiary alicyclic amines) is 1. The number of carbonyl (C=O) groups excluding carboxylic acids is 1. The van der Waals surface area contributed by atoms with Crippen LogP contribution in [0.15, 0.2) is 47.3 Å². The summed E-state index contributed by atoms with van der Waals surface area (Å²) in [5.74, 6) is 1.78. The molecule has 164 valence electrons. The van der Waals surface area contributed by atoms with Gasteiger partial charge in [-0.05, 0) is 73.5 Å². The smallest absolute Gasteiger partial charge is 0.246 e. The van der Waals surface area contributed by atoms with Crippen LogP contribution < -0.4 is 4.74 Å². The molecule has 1 aliphatic heterocycles. The van der Waals surface area contributed by atoms with Crippen molar-refractivity contribution in [1.29, 1.82) is 0 Å². The van der Waals surface area contributed by atoms with Crippen LogP contribution in [0, 0.1) is 5.92 Å². The summed E-state index contributed by atoms with van der Waals surface area (Å²) in [7, 11) is 3.70. The van der Waals surface area contributed by atoms with Crippen LogP contribution in [0.5, 0.6) is 5.75 Å². The number of piperidine rings is 1. The quantitative estimate of drug-likeness (QED) is 0.660. The van der Waals surface area contributed by atoms with Gasteiger partial charge in [0.1, 0.15) is 5.75 Å². The van der Waals surface area contributed by atoms with Crippen molar-refractivity contribution in [2.75, 3.05) is 27.2 Å². The third-order valence-electron chi connectivity index (χ3n) is 7.68. The number of rotatable bonds is 6. The van der Waals surface area contributed by atoms with Crippen LogP contribution in [0.4, 0.5) is 0 Å². The van der Waals surface area contributed by atoms with E-state index in [1.165, 1.54) is 24.0 Å². The normalized spacial score (nSPS) is 27.8. The second-order valence-corrected chi connectivity index (χ2v) is 9.68. The van der Waals surface area contributed by atoms with E-state index in [-0.39, 0.29) is 17.4 Å². The number of benzene rings is 1. The van der Waals surface area contributed by atoms with E-state index in [0.29, 0.717) is 6.04 Å². The molecular formula is C26H32N2O3. The number of amides is 1. The monoisotopic (exact) mass is 420 g/mol. The number of nitrogens with zero attached hydrogens (tertiary/aromatic N) is 2. The second-order valence-electron chi connectivity index (χ2n) is 9.68. The summed E-state index contributed by atoms with van der Waals surface area (Å²) in [6.45, 7) is 4.60. The van der Waals surface area contributed by atoms with Gasteiger partial charge in [-0.1, -0.05) is 13.0 Å². The fraction of sp³-hybridized carbons (Fsp3) is 0.500. The van der Waals surface area contributed by atoms with Crippen LogP contribution in [0.3, 0.4) is 0 Å². The van der Waals surface area contributed by atoms with Gasteiger partial charge < -0.3 is 14.1 Å². The van der Waals surface area contributed by atoms with Crippen molar-refractivity contribution >= 4 is 12.0 Å². The summed E-state index contributed by atoms with van der Waals surface area (Å²) in [6.07, 6.45) is 11.5. The molecule has 1 saturated carbocycles. The topological polar surface area (TPSA) is 45.9 Å². The minimum absolute atomic E-state index is 0.0436. The predicted molar refractivity (Wildman–Crippen MR) is 121 cm³/mol. The van der Waals surface area contributed by atoms with Gasteiger partial charge in [0.25, 0.3) is 0 Å². The molecule has 0 radical (unpaired) electrons. The van der Waals surface area contributed by atoms with Crippen LogP contribution in [0.25, 0.3) is 6.08 Å². The zero-order valence-electron chi connectivity index (χ0n) is 18.7. The molecule has 1 aromatic heterocycles. The molecule has 5 heteroatoms. The van der Waals surface area contributed by atoms with Crippen LogP contribution in [0.1, 0.15) is 42.9 Å². The van der Waals surface area contributed by atoms with Crippen LogP contribution in [-0.4, -0.2) is 55.0 Å².